The van der Waals surface area contributed by atoms with Crippen molar-refractivity contribution in [1.29, 1.82) is 0 Å². The fourth-order valence-corrected chi connectivity index (χ4v) is 2.52. The minimum Gasteiger partial charge on any atom is -0.409 e. The second-order valence-electron chi connectivity index (χ2n) is 4.89. The number of hydrogen-bond acceptors (Lipinski definition) is 4. The third kappa shape index (κ3) is 3.08. The van der Waals surface area contributed by atoms with Crippen LogP contribution in [0.1, 0.15) is 16.7 Å². The molecule has 1 heterocycles. The van der Waals surface area contributed by atoms with Crippen LogP contribution in [-0.4, -0.2) is 23.1 Å². The minimum atomic E-state index is -0.0440. The number of rotatable bonds is 3. The molecule has 0 radical (unpaired) electrons. The number of nitrogens with zero attached hydrogens (tertiary/aromatic N) is 3. The molecule has 2 aromatic rings. The van der Waals surface area contributed by atoms with Crippen molar-refractivity contribution in [3.8, 4) is 0 Å². The van der Waals surface area contributed by atoms with E-state index in [4.69, 9.17) is 22.5 Å². The van der Waals surface area contributed by atoms with Gasteiger partial charge in [0.1, 0.15) is 0 Å². The van der Waals surface area contributed by atoms with Gasteiger partial charge in [0.25, 0.3) is 0 Å². The Bertz CT molecular complexity index is 680. The Morgan fingerprint density at radius 1 is 1.29 bits per heavy atom. The topological polar surface area (TPSA) is 74.7 Å². The van der Waals surface area contributed by atoms with Gasteiger partial charge in [0, 0.05) is 24.5 Å². The number of amidine groups is 1. The number of halogens is 1. The van der Waals surface area contributed by atoms with Gasteiger partial charge in [0.05, 0.1) is 5.02 Å². The molecule has 1 aromatic heterocycles. The van der Waals surface area contributed by atoms with Crippen molar-refractivity contribution in [1.82, 2.24) is 4.98 Å². The molecular formula is C15H17ClN4O. The van der Waals surface area contributed by atoms with Gasteiger partial charge in [-0.2, -0.15) is 0 Å². The van der Waals surface area contributed by atoms with Crippen molar-refractivity contribution in [3.63, 3.8) is 0 Å². The molecule has 3 N–H and O–H groups in total. The number of benzene rings is 1. The Labute approximate surface area is 128 Å². The van der Waals surface area contributed by atoms with Crippen molar-refractivity contribution in [2.75, 3.05) is 11.9 Å². The highest BCUT2D eigenvalue weighted by Gasteiger charge is 2.15. The summed E-state index contributed by atoms with van der Waals surface area (Å²) in [6, 6.07) is 7.79. The fourth-order valence-electron chi connectivity index (χ4n) is 2.18. The van der Waals surface area contributed by atoms with E-state index in [-0.39, 0.29) is 5.84 Å². The molecule has 0 fully saturated rings. The summed E-state index contributed by atoms with van der Waals surface area (Å²) in [7, 11) is 1.87. The van der Waals surface area contributed by atoms with Crippen molar-refractivity contribution in [2.24, 2.45) is 10.9 Å². The van der Waals surface area contributed by atoms with Gasteiger partial charge >= 0.3 is 0 Å². The minimum absolute atomic E-state index is 0.0440. The van der Waals surface area contributed by atoms with Crippen LogP contribution in [0.25, 0.3) is 0 Å². The van der Waals surface area contributed by atoms with Crippen LogP contribution in [0.15, 0.2) is 35.6 Å². The summed E-state index contributed by atoms with van der Waals surface area (Å²) in [6.07, 6.45) is 1.58. The molecule has 0 bridgehead atoms. The zero-order valence-electron chi connectivity index (χ0n) is 12.1. The van der Waals surface area contributed by atoms with Crippen molar-refractivity contribution < 1.29 is 5.21 Å². The average molecular weight is 305 g/mol. The summed E-state index contributed by atoms with van der Waals surface area (Å²) in [6.45, 7) is 4.07. The van der Waals surface area contributed by atoms with Crippen molar-refractivity contribution in [3.05, 3.63) is 52.2 Å². The van der Waals surface area contributed by atoms with Crippen LogP contribution in [0.2, 0.25) is 5.02 Å². The Hall–Kier alpha value is -2.27. The summed E-state index contributed by atoms with van der Waals surface area (Å²) < 4.78 is 0. The quantitative estimate of drug-likeness (QED) is 0.395. The highest BCUT2D eigenvalue weighted by molar-refractivity contribution is 6.36. The molecule has 0 saturated carbocycles. The number of anilines is 2. The van der Waals surface area contributed by atoms with Gasteiger partial charge in [0.15, 0.2) is 11.7 Å². The summed E-state index contributed by atoms with van der Waals surface area (Å²) in [5.74, 6) is 0.503. The Morgan fingerprint density at radius 3 is 2.48 bits per heavy atom. The van der Waals surface area contributed by atoms with E-state index >= 15 is 0 Å². The lowest BCUT2D eigenvalue weighted by molar-refractivity contribution is 0.318. The van der Waals surface area contributed by atoms with Crippen molar-refractivity contribution >= 4 is 28.9 Å². The van der Waals surface area contributed by atoms with Gasteiger partial charge in [-0.3, -0.25) is 0 Å². The van der Waals surface area contributed by atoms with E-state index in [1.54, 1.807) is 12.3 Å². The molecule has 0 amide bonds. The summed E-state index contributed by atoms with van der Waals surface area (Å²) in [4.78, 5) is 6.16. The van der Waals surface area contributed by atoms with Crippen LogP contribution in [0.5, 0.6) is 0 Å². The lowest BCUT2D eigenvalue weighted by Gasteiger charge is -2.21. The van der Waals surface area contributed by atoms with Gasteiger partial charge in [-0.15, -0.1) is 0 Å². The molecule has 21 heavy (non-hydrogen) atoms. The molecule has 0 aliphatic heterocycles. The summed E-state index contributed by atoms with van der Waals surface area (Å²) in [5.41, 5.74) is 9.34. The van der Waals surface area contributed by atoms with Gasteiger partial charge in [0.2, 0.25) is 0 Å². The number of pyridine rings is 1. The van der Waals surface area contributed by atoms with Crippen LogP contribution in [0, 0.1) is 13.8 Å². The molecule has 1 aromatic carbocycles. The standard InChI is InChI=1S/C15H17ClN4O/c1-9-6-10(2)8-11(7-9)20(3)15-13(16)12(4-5-18-15)14(17)19-21/h4-8,21H,1-3H3,(H2,17,19). The highest BCUT2D eigenvalue weighted by atomic mass is 35.5. The Kier molecular flexibility index (Phi) is 4.33. The SMILES string of the molecule is Cc1cc(C)cc(N(C)c2nccc(/C(N)=N/O)c2Cl)c1. The van der Waals surface area contributed by atoms with Crippen LogP contribution >= 0.6 is 11.6 Å². The number of aryl methyl sites for hydroxylation is 2. The van der Waals surface area contributed by atoms with E-state index in [0.29, 0.717) is 16.4 Å². The Balaban J connectivity index is 2.51. The highest BCUT2D eigenvalue weighted by Crippen LogP contribution is 2.31. The van der Waals surface area contributed by atoms with Crippen molar-refractivity contribution in [2.45, 2.75) is 13.8 Å². The zero-order chi connectivity index (χ0) is 15.6. The lowest BCUT2D eigenvalue weighted by Crippen LogP contribution is -2.17. The van der Waals surface area contributed by atoms with E-state index < -0.39 is 0 Å². The normalized spacial score (nSPS) is 11.5. The zero-order valence-corrected chi connectivity index (χ0v) is 12.9. The molecule has 6 heteroatoms. The fraction of sp³-hybridized carbons (Fsp3) is 0.200. The molecule has 0 aliphatic rings. The predicted molar refractivity (Wildman–Crippen MR) is 85.7 cm³/mol. The Morgan fingerprint density at radius 2 is 1.90 bits per heavy atom. The van der Waals surface area contributed by atoms with Gasteiger partial charge < -0.3 is 15.8 Å². The predicted octanol–water partition coefficient (Wildman–Crippen LogP) is 3.21. The molecule has 0 atom stereocenters. The maximum atomic E-state index is 8.80. The maximum absolute atomic E-state index is 8.80. The summed E-state index contributed by atoms with van der Waals surface area (Å²) in [5, 5.41) is 12.1. The first-order chi connectivity index (χ1) is 9.93. The van der Waals surface area contributed by atoms with Crippen LogP contribution in [0.4, 0.5) is 11.5 Å². The number of oxime groups is 1. The number of nitrogens with two attached hydrogens (primary N) is 1. The van der Waals surface area contributed by atoms with Gasteiger partial charge in [-0.1, -0.05) is 22.8 Å². The summed E-state index contributed by atoms with van der Waals surface area (Å²) >= 11 is 6.33. The second-order valence-corrected chi connectivity index (χ2v) is 5.26. The molecule has 110 valence electrons. The van der Waals surface area contributed by atoms with Crippen LogP contribution in [-0.2, 0) is 0 Å². The maximum Gasteiger partial charge on any atom is 0.171 e. The molecule has 0 aliphatic carbocycles. The van der Waals surface area contributed by atoms with E-state index in [1.165, 1.54) is 0 Å². The molecule has 5 nitrogen and oxygen atoms in total. The van der Waals surface area contributed by atoms with Gasteiger partial charge in [-0.05, 0) is 43.2 Å². The smallest absolute Gasteiger partial charge is 0.171 e. The molecule has 0 unspecified atom stereocenters. The first-order valence-electron chi connectivity index (χ1n) is 6.38. The third-order valence-electron chi connectivity index (χ3n) is 3.17. The molecule has 0 saturated heterocycles. The molecular weight excluding hydrogens is 288 g/mol. The first-order valence-corrected chi connectivity index (χ1v) is 6.76. The molecule has 0 spiro atoms. The first kappa shape index (κ1) is 15.1. The van der Waals surface area contributed by atoms with Crippen LogP contribution in [0.3, 0.4) is 0 Å². The van der Waals surface area contributed by atoms with E-state index in [0.717, 1.165) is 16.8 Å². The molecule has 2 rings (SSSR count). The lowest BCUT2D eigenvalue weighted by atomic mass is 10.1. The largest absolute Gasteiger partial charge is 0.409 e. The third-order valence-corrected chi connectivity index (χ3v) is 3.54. The average Bonchev–Trinajstić information content (AvgIpc) is 2.45. The van der Waals surface area contributed by atoms with Crippen LogP contribution < -0.4 is 10.6 Å². The second kappa shape index (κ2) is 6.01. The van der Waals surface area contributed by atoms with E-state index in [2.05, 4.69) is 16.2 Å². The monoisotopic (exact) mass is 304 g/mol. The van der Waals surface area contributed by atoms with Gasteiger partial charge in [-0.25, -0.2) is 4.98 Å². The van der Waals surface area contributed by atoms with E-state index in [1.807, 2.05) is 37.9 Å². The number of aromatic nitrogens is 1. The van der Waals surface area contributed by atoms with E-state index in [9.17, 15) is 0 Å². The number of hydrogen-bond donors (Lipinski definition) is 2.